The number of fused-ring (bicyclic) bond motifs is 1. The predicted octanol–water partition coefficient (Wildman–Crippen LogP) is 3.59. The zero-order valence-electron chi connectivity index (χ0n) is 15.5. The van der Waals surface area contributed by atoms with Crippen LogP contribution < -0.4 is 5.56 Å². The maximum absolute atomic E-state index is 13.2. The molecule has 0 aliphatic carbocycles. The number of hydrogen-bond acceptors (Lipinski definition) is 3. The van der Waals surface area contributed by atoms with Gasteiger partial charge in [-0.2, -0.15) is 0 Å². The Balaban J connectivity index is 2.02. The number of carbonyl (C=O) groups excluding carboxylic acids is 1. The molecular weight excluding hydrogens is 387 g/mol. The van der Waals surface area contributed by atoms with E-state index in [9.17, 15) is 14.7 Å². The molecule has 0 bridgehead atoms. The number of aromatic amines is 1. The normalized spacial score (nSPS) is 15.0. The van der Waals surface area contributed by atoms with Gasteiger partial charge < -0.3 is 15.0 Å². The monoisotopic (exact) mass is 408 g/mol. The van der Waals surface area contributed by atoms with Gasteiger partial charge in [0.1, 0.15) is 0 Å². The summed E-state index contributed by atoms with van der Waals surface area (Å²) in [4.78, 5) is 29.9. The molecular formula is C20H22Cl2N2O3. The molecule has 2 heterocycles. The maximum atomic E-state index is 13.2. The summed E-state index contributed by atoms with van der Waals surface area (Å²) < 4.78 is 0. The number of amides is 1. The highest BCUT2D eigenvalue weighted by atomic mass is 35.5. The van der Waals surface area contributed by atoms with Crippen LogP contribution in [-0.4, -0.2) is 34.0 Å². The molecule has 1 aromatic carbocycles. The topological polar surface area (TPSA) is 73.4 Å². The minimum atomic E-state index is -0.241. The highest BCUT2D eigenvalue weighted by Gasteiger charge is 2.31. The molecule has 1 atom stereocenters. The summed E-state index contributed by atoms with van der Waals surface area (Å²) in [6.45, 7) is 6.10. The van der Waals surface area contributed by atoms with Crippen LogP contribution >= 0.6 is 23.2 Å². The second kappa shape index (κ2) is 7.66. The molecule has 2 N–H and O–H groups in total. The molecule has 1 amide bonds. The molecule has 3 rings (SSSR count). The number of benzene rings is 1. The minimum Gasteiger partial charge on any atom is -0.396 e. The van der Waals surface area contributed by atoms with E-state index < -0.39 is 0 Å². The minimum absolute atomic E-state index is 0.0926. The lowest BCUT2D eigenvalue weighted by molar-refractivity contribution is 0.0726. The van der Waals surface area contributed by atoms with Crippen LogP contribution in [-0.2, 0) is 13.0 Å². The summed E-state index contributed by atoms with van der Waals surface area (Å²) in [6, 6.07) is 3.63. The number of rotatable bonds is 4. The van der Waals surface area contributed by atoms with Crippen LogP contribution in [0.2, 0.25) is 10.0 Å². The van der Waals surface area contributed by atoms with E-state index in [-0.39, 0.29) is 30.5 Å². The van der Waals surface area contributed by atoms with Crippen molar-refractivity contribution in [3.8, 4) is 0 Å². The standard InChI is InChI=1S/C20H22Cl2N2O3/c1-10-6-12(3)23-19(26)15(10)8-24-5-4-13-16(21)7-14(11(2)9-25)18(22)17(13)20(24)27/h6-7,11,25H,4-5,8-9H2,1-3H3,(H,23,26)/t11-/m1/s1. The van der Waals surface area contributed by atoms with Crippen molar-refractivity contribution in [3.63, 3.8) is 0 Å². The number of hydrogen-bond donors (Lipinski definition) is 2. The molecule has 144 valence electrons. The van der Waals surface area contributed by atoms with Crippen LogP contribution in [0.4, 0.5) is 0 Å². The molecule has 1 aliphatic heterocycles. The average Bonchev–Trinajstić information content (AvgIpc) is 2.61. The SMILES string of the molecule is Cc1cc(C)c(CN2CCc3c(Cl)cc([C@H](C)CO)c(Cl)c3C2=O)c(=O)[nH]1. The quantitative estimate of drug-likeness (QED) is 0.811. The van der Waals surface area contributed by atoms with Crippen LogP contribution in [0, 0.1) is 13.8 Å². The summed E-state index contributed by atoms with van der Waals surface area (Å²) in [7, 11) is 0. The molecule has 1 aliphatic rings. The zero-order chi connectivity index (χ0) is 19.9. The van der Waals surface area contributed by atoms with E-state index in [1.165, 1.54) is 0 Å². The van der Waals surface area contributed by atoms with Gasteiger partial charge in [0.05, 0.1) is 17.1 Å². The molecule has 7 heteroatoms. The molecule has 2 aromatic rings. The van der Waals surface area contributed by atoms with Crippen LogP contribution in [0.5, 0.6) is 0 Å². The van der Waals surface area contributed by atoms with Gasteiger partial charge in [-0.3, -0.25) is 9.59 Å². The van der Waals surface area contributed by atoms with Gasteiger partial charge in [0, 0.05) is 35.3 Å². The van der Waals surface area contributed by atoms with Gasteiger partial charge in [0.2, 0.25) is 0 Å². The Bertz CT molecular complexity index is 969. The van der Waals surface area contributed by atoms with E-state index in [1.54, 1.807) is 11.0 Å². The van der Waals surface area contributed by atoms with Crippen molar-refractivity contribution in [3.05, 3.63) is 66.0 Å². The van der Waals surface area contributed by atoms with Crippen molar-refractivity contribution in [2.75, 3.05) is 13.2 Å². The summed E-state index contributed by atoms with van der Waals surface area (Å²) in [5.74, 6) is -0.472. The number of H-pyrrole nitrogens is 1. The van der Waals surface area contributed by atoms with E-state index in [0.717, 1.165) is 16.8 Å². The predicted molar refractivity (Wildman–Crippen MR) is 107 cm³/mol. The molecule has 5 nitrogen and oxygen atoms in total. The fourth-order valence-corrected chi connectivity index (χ4v) is 4.28. The number of aliphatic hydroxyl groups excluding tert-OH is 1. The van der Waals surface area contributed by atoms with E-state index in [4.69, 9.17) is 23.2 Å². The Morgan fingerprint density at radius 3 is 2.59 bits per heavy atom. The van der Waals surface area contributed by atoms with Crippen molar-refractivity contribution in [1.82, 2.24) is 9.88 Å². The first-order chi connectivity index (χ1) is 12.7. The first-order valence-electron chi connectivity index (χ1n) is 8.84. The molecule has 0 saturated heterocycles. The Kier molecular flexibility index (Phi) is 5.65. The van der Waals surface area contributed by atoms with Gasteiger partial charge in [-0.25, -0.2) is 0 Å². The first-order valence-corrected chi connectivity index (χ1v) is 9.60. The highest BCUT2D eigenvalue weighted by Crippen LogP contribution is 2.38. The molecule has 1 aromatic heterocycles. The van der Waals surface area contributed by atoms with E-state index in [2.05, 4.69) is 4.98 Å². The first kappa shape index (κ1) is 19.9. The number of halogens is 2. The maximum Gasteiger partial charge on any atom is 0.256 e. The van der Waals surface area contributed by atoms with Crippen molar-refractivity contribution in [2.45, 2.75) is 39.7 Å². The highest BCUT2D eigenvalue weighted by molar-refractivity contribution is 6.37. The van der Waals surface area contributed by atoms with Crippen molar-refractivity contribution in [2.24, 2.45) is 0 Å². The Labute approximate surface area is 167 Å². The zero-order valence-corrected chi connectivity index (χ0v) is 17.0. The largest absolute Gasteiger partial charge is 0.396 e. The van der Waals surface area contributed by atoms with Gasteiger partial charge >= 0.3 is 0 Å². The second-order valence-electron chi connectivity index (χ2n) is 7.12. The van der Waals surface area contributed by atoms with Crippen molar-refractivity contribution in [1.29, 1.82) is 0 Å². The number of nitrogens with zero attached hydrogens (tertiary/aromatic N) is 1. The lowest BCUT2D eigenvalue weighted by Crippen LogP contribution is -2.39. The van der Waals surface area contributed by atoms with Gasteiger partial charge in [0.15, 0.2) is 0 Å². The third-order valence-corrected chi connectivity index (χ3v) is 5.87. The van der Waals surface area contributed by atoms with Gasteiger partial charge in [-0.15, -0.1) is 0 Å². The Morgan fingerprint density at radius 2 is 1.96 bits per heavy atom. The molecule has 0 spiro atoms. The number of aryl methyl sites for hydroxylation is 2. The number of carbonyl (C=O) groups is 1. The van der Waals surface area contributed by atoms with Crippen LogP contribution in [0.25, 0.3) is 0 Å². The summed E-state index contributed by atoms with van der Waals surface area (Å²) >= 11 is 12.9. The summed E-state index contributed by atoms with van der Waals surface area (Å²) in [5, 5.41) is 10.3. The third kappa shape index (κ3) is 3.64. The molecule has 0 saturated carbocycles. The Morgan fingerprint density at radius 1 is 1.26 bits per heavy atom. The van der Waals surface area contributed by atoms with E-state index >= 15 is 0 Å². The number of aromatic nitrogens is 1. The summed E-state index contributed by atoms with van der Waals surface area (Å²) in [5.41, 5.74) is 3.79. The smallest absolute Gasteiger partial charge is 0.256 e. The average molecular weight is 409 g/mol. The second-order valence-corrected chi connectivity index (χ2v) is 7.90. The van der Waals surface area contributed by atoms with Gasteiger partial charge in [-0.1, -0.05) is 30.1 Å². The molecule has 0 radical (unpaired) electrons. The van der Waals surface area contributed by atoms with E-state index in [1.807, 2.05) is 26.8 Å². The fourth-order valence-electron chi connectivity index (χ4n) is 3.53. The number of pyridine rings is 1. The van der Waals surface area contributed by atoms with Crippen molar-refractivity contribution < 1.29 is 9.90 Å². The lowest BCUT2D eigenvalue weighted by atomic mass is 9.91. The van der Waals surface area contributed by atoms with Crippen LogP contribution in [0.3, 0.4) is 0 Å². The summed E-state index contributed by atoms with van der Waals surface area (Å²) in [6.07, 6.45) is 0.566. The number of aliphatic hydroxyl groups is 1. The van der Waals surface area contributed by atoms with Crippen LogP contribution in [0.1, 0.15) is 51.1 Å². The van der Waals surface area contributed by atoms with Gasteiger partial charge in [-0.05, 0) is 49.1 Å². The molecule has 27 heavy (non-hydrogen) atoms. The van der Waals surface area contributed by atoms with Crippen molar-refractivity contribution >= 4 is 29.1 Å². The molecule has 0 unspecified atom stereocenters. The van der Waals surface area contributed by atoms with Crippen LogP contribution in [0.15, 0.2) is 16.9 Å². The van der Waals surface area contributed by atoms with E-state index in [0.29, 0.717) is 39.7 Å². The number of nitrogens with one attached hydrogen (secondary N) is 1. The Hall–Kier alpha value is -1.82. The molecule has 0 fully saturated rings. The fraction of sp³-hybridized carbons (Fsp3) is 0.400. The lowest BCUT2D eigenvalue weighted by Gasteiger charge is -2.31. The third-order valence-electron chi connectivity index (χ3n) is 5.13. The van der Waals surface area contributed by atoms with Gasteiger partial charge in [0.25, 0.3) is 11.5 Å².